The summed E-state index contributed by atoms with van der Waals surface area (Å²) in [4.78, 5) is 24.6. The third-order valence-electron chi connectivity index (χ3n) is 3.52. The Bertz CT molecular complexity index is 744. The van der Waals surface area contributed by atoms with Crippen molar-refractivity contribution in [2.75, 3.05) is 6.54 Å². The Kier molecular flexibility index (Phi) is 3.50. The molecule has 7 heteroatoms. The number of pyridine rings is 1. The maximum atomic E-state index is 13.6. The SMILES string of the molecule is Cc1nc2c(c(=O)[nH]1)CN(Cc1ncc(F)cc1F)CC2. The molecule has 0 spiro atoms. The Hall–Kier alpha value is -2.15. The number of aromatic nitrogens is 3. The number of nitrogens with one attached hydrogen (secondary N) is 1. The summed E-state index contributed by atoms with van der Waals surface area (Å²) in [6.45, 7) is 3.02. The van der Waals surface area contributed by atoms with Gasteiger partial charge in [-0.15, -0.1) is 0 Å². The topological polar surface area (TPSA) is 61.9 Å². The normalized spacial score (nSPS) is 15.0. The molecule has 0 unspecified atom stereocenters. The van der Waals surface area contributed by atoms with Crippen LogP contribution in [0, 0.1) is 18.6 Å². The molecular formula is C14H14F2N4O. The average Bonchev–Trinajstić information content (AvgIpc) is 2.42. The van der Waals surface area contributed by atoms with Gasteiger partial charge in [0.25, 0.3) is 5.56 Å². The molecule has 5 nitrogen and oxygen atoms in total. The minimum absolute atomic E-state index is 0.158. The van der Waals surface area contributed by atoms with Crippen molar-refractivity contribution in [3.63, 3.8) is 0 Å². The minimum atomic E-state index is -0.698. The van der Waals surface area contributed by atoms with E-state index in [4.69, 9.17) is 0 Å². The number of aromatic amines is 1. The Morgan fingerprint density at radius 2 is 2.24 bits per heavy atom. The fraction of sp³-hybridized carbons (Fsp3) is 0.357. The predicted octanol–water partition coefficient (Wildman–Crippen LogP) is 1.31. The monoisotopic (exact) mass is 292 g/mol. The summed E-state index contributed by atoms with van der Waals surface area (Å²) in [6.07, 6.45) is 1.62. The van der Waals surface area contributed by atoms with Crippen molar-refractivity contribution in [3.8, 4) is 0 Å². The van der Waals surface area contributed by atoms with Crippen molar-refractivity contribution in [3.05, 3.63) is 57.0 Å². The van der Waals surface area contributed by atoms with Crippen LogP contribution < -0.4 is 5.56 Å². The Morgan fingerprint density at radius 3 is 3.00 bits per heavy atom. The zero-order chi connectivity index (χ0) is 15.0. The van der Waals surface area contributed by atoms with Crippen LogP contribution in [0.15, 0.2) is 17.1 Å². The lowest BCUT2D eigenvalue weighted by atomic mass is 10.1. The first-order valence-corrected chi connectivity index (χ1v) is 6.64. The highest BCUT2D eigenvalue weighted by Crippen LogP contribution is 2.17. The van der Waals surface area contributed by atoms with Gasteiger partial charge in [-0.25, -0.2) is 13.8 Å². The molecule has 1 N–H and O–H groups in total. The molecule has 3 heterocycles. The zero-order valence-electron chi connectivity index (χ0n) is 11.5. The summed E-state index contributed by atoms with van der Waals surface area (Å²) in [5, 5.41) is 0. The molecule has 1 aliphatic rings. The second-order valence-corrected chi connectivity index (χ2v) is 5.12. The van der Waals surface area contributed by atoms with E-state index in [0.29, 0.717) is 30.9 Å². The highest BCUT2D eigenvalue weighted by molar-refractivity contribution is 5.21. The van der Waals surface area contributed by atoms with E-state index < -0.39 is 11.6 Å². The Morgan fingerprint density at radius 1 is 1.43 bits per heavy atom. The molecule has 21 heavy (non-hydrogen) atoms. The van der Waals surface area contributed by atoms with E-state index in [9.17, 15) is 13.6 Å². The molecule has 0 saturated heterocycles. The number of aryl methyl sites for hydroxylation is 1. The standard InChI is InChI=1S/C14H14F2N4O/c1-8-18-12-2-3-20(6-10(12)14(21)19-8)7-13-11(16)4-9(15)5-17-13/h4-5H,2-3,6-7H2,1H3,(H,18,19,21). The van der Waals surface area contributed by atoms with Crippen LogP contribution in [0.1, 0.15) is 22.8 Å². The molecule has 0 amide bonds. The van der Waals surface area contributed by atoms with E-state index in [1.54, 1.807) is 6.92 Å². The van der Waals surface area contributed by atoms with E-state index in [1.807, 2.05) is 4.90 Å². The molecule has 0 radical (unpaired) electrons. The van der Waals surface area contributed by atoms with Crippen molar-refractivity contribution in [1.82, 2.24) is 19.9 Å². The molecule has 0 aromatic carbocycles. The molecule has 0 fully saturated rings. The average molecular weight is 292 g/mol. The lowest BCUT2D eigenvalue weighted by molar-refractivity contribution is 0.234. The molecule has 3 rings (SSSR count). The number of halogens is 2. The lowest BCUT2D eigenvalue weighted by Gasteiger charge is -2.27. The summed E-state index contributed by atoms with van der Waals surface area (Å²) in [5.74, 6) is -0.772. The van der Waals surface area contributed by atoms with Crippen molar-refractivity contribution in [1.29, 1.82) is 0 Å². The van der Waals surface area contributed by atoms with E-state index >= 15 is 0 Å². The number of hydrogen-bond acceptors (Lipinski definition) is 4. The van der Waals surface area contributed by atoms with Crippen LogP contribution in [0.5, 0.6) is 0 Å². The first kappa shape index (κ1) is 13.8. The number of hydrogen-bond donors (Lipinski definition) is 1. The molecule has 0 saturated carbocycles. The molecular weight excluding hydrogens is 278 g/mol. The number of rotatable bonds is 2. The van der Waals surface area contributed by atoms with Crippen LogP contribution in [-0.4, -0.2) is 26.4 Å². The molecule has 0 bridgehead atoms. The number of nitrogens with zero attached hydrogens (tertiary/aromatic N) is 3. The van der Waals surface area contributed by atoms with Gasteiger partial charge < -0.3 is 4.98 Å². The summed E-state index contributed by atoms with van der Waals surface area (Å²) in [6, 6.07) is 0.817. The highest BCUT2D eigenvalue weighted by atomic mass is 19.1. The van der Waals surface area contributed by atoms with Crippen LogP contribution in [0.3, 0.4) is 0 Å². The van der Waals surface area contributed by atoms with E-state index in [2.05, 4.69) is 15.0 Å². The highest BCUT2D eigenvalue weighted by Gasteiger charge is 2.22. The van der Waals surface area contributed by atoms with Gasteiger partial charge in [0.2, 0.25) is 0 Å². The van der Waals surface area contributed by atoms with Crippen molar-refractivity contribution in [2.45, 2.75) is 26.4 Å². The molecule has 0 atom stereocenters. The van der Waals surface area contributed by atoms with E-state index in [1.165, 1.54) is 0 Å². The first-order chi connectivity index (χ1) is 10.0. The molecule has 2 aromatic heterocycles. The fourth-order valence-corrected chi connectivity index (χ4v) is 2.51. The quantitative estimate of drug-likeness (QED) is 0.906. The van der Waals surface area contributed by atoms with Gasteiger partial charge in [-0.2, -0.15) is 0 Å². The second-order valence-electron chi connectivity index (χ2n) is 5.12. The third-order valence-corrected chi connectivity index (χ3v) is 3.52. The van der Waals surface area contributed by atoms with Crippen LogP contribution in [-0.2, 0) is 19.5 Å². The van der Waals surface area contributed by atoms with Crippen molar-refractivity contribution < 1.29 is 8.78 Å². The van der Waals surface area contributed by atoms with Crippen LogP contribution >= 0.6 is 0 Å². The van der Waals surface area contributed by atoms with Gasteiger partial charge in [-0.3, -0.25) is 14.7 Å². The van der Waals surface area contributed by atoms with Gasteiger partial charge in [-0.1, -0.05) is 0 Å². The summed E-state index contributed by atoms with van der Waals surface area (Å²) < 4.78 is 26.5. The Balaban J connectivity index is 1.82. The number of H-pyrrole nitrogens is 1. The first-order valence-electron chi connectivity index (χ1n) is 6.64. The second kappa shape index (κ2) is 5.33. The minimum Gasteiger partial charge on any atom is -0.310 e. The van der Waals surface area contributed by atoms with Crippen LogP contribution in [0.2, 0.25) is 0 Å². The third kappa shape index (κ3) is 2.82. The van der Waals surface area contributed by atoms with Crippen LogP contribution in [0.25, 0.3) is 0 Å². The maximum absolute atomic E-state index is 13.6. The molecule has 1 aliphatic heterocycles. The largest absolute Gasteiger partial charge is 0.310 e. The van der Waals surface area contributed by atoms with Gasteiger partial charge >= 0.3 is 0 Å². The fourth-order valence-electron chi connectivity index (χ4n) is 2.51. The summed E-state index contributed by atoms with van der Waals surface area (Å²) in [5.41, 5.74) is 1.42. The predicted molar refractivity (Wildman–Crippen MR) is 71.6 cm³/mol. The summed E-state index contributed by atoms with van der Waals surface area (Å²) >= 11 is 0. The Labute approximate surface area is 119 Å². The number of fused-ring (bicyclic) bond motifs is 1. The van der Waals surface area contributed by atoms with Gasteiger partial charge in [0.1, 0.15) is 17.5 Å². The van der Waals surface area contributed by atoms with Gasteiger partial charge in [-0.05, 0) is 6.92 Å². The van der Waals surface area contributed by atoms with Gasteiger partial charge in [0, 0.05) is 32.1 Å². The van der Waals surface area contributed by atoms with Gasteiger partial charge in [0.15, 0.2) is 0 Å². The maximum Gasteiger partial charge on any atom is 0.255 e. The molecule has 0 aliphatic carbocycles. The van der Waals surface area contributed by atoms with Crippen LogP contribution in [0.4, 0.5) is 8.78 Å². The zero-order valence-corrected chi connectivity index (χ0v) is 11.5. The molecule has 110 valence electrons. The smallest absolute Gasteiger partial charge is 0.255 e. The van der Waals surface area contributed by atoms with Crippen molar-refractivity contribution in [2.24, 2.45) is 0 Å². The van der Waals surface area contributed by atoms with Gasteiger partial charge in [0.05, 0.1) is 23.1 Å². The van der Waals surface area contributed by atoms with E-state index in [0.717, 1.165) is 18.0 Å². The van der Waals surface area contributed by atoms with E-state index in [-0.39, 0.29) is 17.8 Å². The summed E-state index contributed by atoms with van der Waals surface area (Å²) in [7, 11) is 0. The van der Waals surface area contributed by atoms with Crippen molar-refractivity contribution >= 4 is 0 Å². The molecule has 2 aromatic rings. The lowest BCUT2D eigenvalue weighted by Crippen LogP contribution is -2.36.